The van der Waals surface area contributed by atoms with Gasteiger partial charge in [0.1, 0.15) is 11.5 Å². The van der Waals surface area contributed by atoms with Crippen molar-refractivity contribution in [3.63, 3.8) is 0 Å². The molecule has 0 unspecified atom stereocenters. The van der Waals surface area contributed by atoms with Crippen molar-refractivity contribution < 1.29 is 9.53 Å². The highest BCUT2D eigenvalue weighted by atomic mass is 32.1. The van der Waals surface area contributed by atoms with E-state index in [1.807, 2.05) is 68.7 Å². The lowest BCUT2D eigenvalue weighted by atomic mass is 10.1. The van der Waals surface area contributed by atoms with Crippen LogP contribution >= 0.6 is 11.3 Å². The van der Waals surface area contributed by atoms with Crippen molar-refractivity contribution in [2.75, 3.05) is 32.1 Å². The minimum absolute atomic E-state index is 0.0634. The average Bonchev–Trinajstić information content (AvgIpc) is 3.19. The Labute approximate surface area is 192 Å². The van der Waals surface area contributed by atoms with Crippen LogP contribution < -0.4 is 9.64 Å². The monoisotopic (exact) mass is 445 g/mol. The first kappa shape index (κ1) is 22.0. The largest absolute Gasteiger partial charge is 0.457 e. The Kier molecular flexibility index (Phi) is 6.53. The molecule has 1 amide bonds. The van der Waals surface area contributed by atoms with E-state index in [1.54, 1.807) is 16.2 Å². The summed E-state index contributed by atoms with van der Waals surface area (Å²) in [7, 11) is 4.01. The van der Waals surface area contributed by atoms with Gasteiger partial charge in [-0.15, -0.1) is 0 Å². The van der Waals surface area contributed by atoms with Crippen molar-refractivity contribution in [1.29, 1.82) is 0 Å². The number of rotatable bonds is 7. The maximum Gasteiger partial charge on any atom is 0.260 e. The molecule has 0 aliphatic heterocycles. The van der Waals surface area contributed by atoms with Crippen molar-refractivity contribution >= 4 is 32.6 Å². The van der Waals surface area contributed by atoms with Crippen LogP contribution in [0.1, 0.15) is 21.5 Å². The van der Waals surface area contributed by atoms with Crippen LogP contribution in [0.5, 0.6) is 11.5 Å². The first-order valence-corrected chi connectivity index (χ1v) is 11.4. The Morgan fingerprint density at radius 1 is 0.938 bits per heavy atom. The first-order chi connectivity index (χ1) is 15.4. The fourth-order valence-electron chi connectivity index (χ4n) is 3.51. The Morgan fingerprint density at radius 2 is 1.62 bits per heavy atom. The molecule has 0 aliphatic rings. The maximum absolute atomic E-state index is 13.5. The van der Waals surface area contributed by atoms with Crippen LogP contribution in [-0.4, -0.2) is 43.0 Å². The summed E-state index contributed by atoms with van der Waals surface area (Å²) in [5.74, 6) is 1.39. The number of anilines is 1. The molecule has 1 heterocycles. The van der Waals surface area contributed by atoms with Gasteiger partial charge in [-0.2, -0.15) is 0 Å². The van der Waals surface area contributed by atoms with Crippen LogP contribution in [0.25, 0.3) is 10.2 Å². The summed E-state index contributed by atoms with van der Waals surface area (Å²) in [4.78, 5) is 22.2. The molecule has 0 aliphatic carbocycles. The lowest BCUT2D eigenvalue weighted by Gasteiger charge is -2.22. The molecule has 164 valence electrons. The van der Waals surface area contributed by atoms with Crippen molar-refractivity contribution in [3.05, 3.63) is 83.4 Å². The Bertz CT molecular complexity index is 1220. The summed E-state index contributed by atoms with van der Waals surface area (Å²) < 4.78 is 6.98. The van der Waals surface area contributed by atoms with Gasteiger partial charge in [0.25, 0.3) is 5.91 Å². The number of aromatic nitrogens is 1. The van der Waals surface area contributed by atoms with Gasteiger partial charge in [-0.1, -0.05) is 35.6 Å². The Morgan fingerprint density at radius 3 is 2.31 bits per heavy atom. The van der Waals surface area contributed by atoms with Crippen LogP contribution in [-0.2, 0) is 0 Å². The van der Waals surface area contributed by atoms with E-state index in [0.717, 1.165) is 27.6 Å². The number of nitrogens with zero attached hydrogens (tertiary/aromatic N) is 3. The number of benzene rings is 3. The van der Waals surface area contributed by atoms with Gasteiger partial charge in [-0.05, 0) is 81.5 Å². The molecule has 6 heteroatoms. The summed E-state index contributed by atoms with van der Waals surface area (Å²) in [6.07, 6.45) is 0. The second kappa shape index (κ2) is 9.51. The zero-order valence-electron chi connectivity index (χ0n) is 18.8. The van der Waals surface area contributed by atoms with E-state index < -0.39 is 0 Å². The van der Waals surface area contributed by atoms with E-state index in [0.29, 0.717) is 17.9 Å². The molecule has 0 radical (unpaired) electrons. The summed E-state index contributed by atoms with van der Waals surface area (Å²) >= 11 is 1.57. The minimum atomic E-state index is -0.0634. The molecule has 0 N–H and O–H groups in total. The summed E-state index contributed by atoms with van der Waals surface area (Å²) in [6.45, 7) is 5.47. The zero-order valence-corrected chi connectivity index (χ0v) is 19.6. The normalized spacial score (nSPS) is 11.2. The van der Waals surface area contributed by atoms with Gasteiger partial charge in [-0.25, -0.2) is 4.98 Å². The zero-order chi connectivity index (χ0) is 22.7. The number of thiazole rings is 1. The van der Waals surface area contributed by atoms with E-state index in [2.05, 4.69) is 30.9 Å². The molecule has 0 atom stereocenters. The molecular weight excluding hydrogens is 418 g/mol. The predicted octanol–water partition coefficient (Wildman–Crippen LogP) is 5.91. The molecule has 5 nitrogen and oxygen atoms in total. The number of amides is 1. The van der Waals surface area contributed by atoms with Crippen molar-refractivity contribution in [3.8, 4) is 11.5 Å². The minimum Gasteiger partial charge on any atom is -0.457 e. The number of carbonyl (C=O) groups excluding carboxylic acids is 1. The van der Waals surface area contributed by atoms with E-state index in [-0.39, 0.29) is 5.91 Å². The van der Waals surface area contributed by atoms with Gasteiger partial charge >= 0.3 is 0 Å². The topological polar surface area (TPSA) is 45.7 Å². The molecule has 0 bridgehead atoms. The molecule has 0 saturated heterocycles. The molecule has 1 aromatic heterocycles. The molecule has 0 fully saturated rings. The number of likely N-dealkylation sites (N-methyl/N-ethyl adjacent to an activating group) is 1. The second-order valence-corrected chi connectivity index (χ2v) is 9.10. The van der Waals surface area contributed by atoms with Gasteiger partial charge in [0, 0.05) is 18.7 Å². The van der Waals surface area contributed by atoms with Crippen LogP contribution in [0.15, 0.2) is 66.7 Å². The van der Waals surface area contributed by atoms with Gasteiger partial charge in [0.05, 0.1) is 10.2 Å². The van der Waals surface area contributed by atoms with Crippen molar-refractivity contribution in [2.24, 2.45) is 0 Å². The van der Waals surface area contributed by atoms with Gasteiger partial charge in [-0.3, -0.25) is 9.69 Å². The van der Waals surface area contributed by atoms with Gasteiger partial charge < -0.3 is 9.64 Å². The third-order valence-electron chi connectivity index (χ3n) is 5.14. The summed E-state index contributed by atoms with van der Waals surface area (Å²) in [5.41, 5.74) is 3.91. The third kappa shape index (κ3) is 4.98. The molecule has 0 spiro atoms. The number of hydrogen-bond donors (Lipinski definition) is 0. The van der Waals surface area contributed by atoms with Crippen molar-refractivity contribution in [1.82, 2.24) is 9.88 Å². The van der Waals surface area contributed by atoms with E-state index >= 15 is 0 Å². The molecule has 0 saturated carbocycles. The SMILES string of the molecule is Cc1cc(C)c2sc(N(CCN(C)C)C(=O)c3ccc(Oc4ccccc4)cc3)nc2c1. The summed E-state index contributed by atoms with van der Waals surface area (Å²) in [5, 5.41) is 0.727. The van der Waals surface area contributed by atoms with E-state index in [4.69, 9.17) is 9.72 Å². The van der Waals surface area contributed by atoms with Gasteiger partial charge in [0.15, 0.2) is 5.13 Å². The smallest absolute Gasteiger partial charge is 0.260 e. The highest BCUT2D eigenvalue weighted by Gasteiger charge is 2.22. The molecule has 4 rings (SSSR count). The number of ether oxygens (including phenoxy) is 1. The predicted molar refractivity (Wildman–Crippen MR) is 132 cm³/mol. The number of carbonyl (C=O) groups is 1. The first-order valence-electron chi connectivity index (χ1n) is 10.6. The van der Waals surface area contributed by atoms with Crippen LogP contribution in [0.4, 0.5) is 5.13 Å². The molecule has 3 aromatic carbocycles. The standard InChI is InChI=1S/C26H27N3O2S/c1-18-16-19(2)24-23(17-18)27-26(32-24)29(15-14-28(3)4)25(30)20-10-12-22(13-11-20)31-21-8-6-5-7-9-21/h5-13,16-17H,14-15H2,1-4H3. The Hall–Kier alpha value is -3.22. The summed E-state index contributed by atoms with van der Waals surface area (Å²) in [6, 6.07) is 21.1. The van der Waals surface area contributed by atoms with Crippen LogP contribution in [0, 0.1) is 13.8 Å². The van der Waals surface area contributed by atoms with Crippen LogP contribution in [0.2, 0.25) is 0 Å². The quantitative estimate of drug-likeness (QED) is 0.355. The number of hydrogen-bond acceptors (Lipinski definition) is 5. The molecule has 4 aromatic rings. The van der Waals surface area contributed by atoms with Crippen molar-refractivity contribution in [2.45, 2.75) is 13.8 Å². The van der Waals surface area contributed by atoms with E-state index in [1.165, 1.54) is 11.1 Å². The second-order valence-electron chi connectivity index (χ2n) is 8.13. The highest BCUT2D eigenvalue weighted by Crippen LogP contribution is 2.33. The van der Waals surface area contributed by atoms with Gasteiger partial charge in [0.2, 0.25) is 0 Å². The fraction of sp³-hybridized carbons (Fsp3) is 0.231. The lowest BCUT2D eigenvalue weighted by Crippen LogP contribution is -2.36. The number of fused-ring (bicyclic) bond motifs is 1. The number of aryl methyl sites for hydroxylation is 2. The third-order valence-corrected chi connectivity index (χ3v) is 6.37. The number of para-hydroxylation sites is 1. The Balaban J connectivity index is 1.61. The molecular formula is C26H27N3O2S. The highest BCUT2D eigenvalue weighted by molar-refractivity contribution is 7.22. The van der Waals surface area contributed by atoms with E-state index in [9.17, 15) is 4.79 Å². The van der Waals surface area contributed by atoms with Crippen LogP contribution in [0.3, 0.4) is 0 Å². The maximum atomic E-state index is 13.5. The molecule has 32 heavy (non-hydrogen) atoms. The fourth-order valence-corrected chi connectivity index (χ4v) is 4.55. The lowest BCUT2D eigenvalue weighted by molar-refractivity contribution is 0.0985. The average molecular weight is 446 g/mol.